The van der Waals surface area contributed by atoms with Crippen LogP contribution in [0.2, 0.25) is 0 Å². The molecule has 0 bridgehead atoms. The Labute approximate surface area is 178 Å². The van der Waals surface area contributed by atoms with E-state index in [1.807, 2.05) is 41.8 Å². The Morgan fingerprint density at radius 2 is 2.23 bits per heavy atom. The Morgan fingerprint density at radius 1 is 1.30 bits per heavy atom. The van der Waals surface area contributed by atoms with E-state index in [1.165, 1.54) is 10.8 Å². The summed E-state index contributed by atoms with van der Waals surface area (Å²) >= 11 is 1.64. The summed E-state index contributed by atoms with van der Waals surface area (Å²) in [6.07, 6.45) is 5.27. The number of nitrogens with zero attached hydrogens (tertiary/aromatic N) is 3. The molecule has 30 heavy (non-hydrogen) atoms. The molecule has 0 saturated carbocycles. The average molecular weight is 425 g/mol. The number of amides is 2. The number of thiophene rings is 1. The molecule has 1 N–H and O–H groups in total. The summed E-state index contributed by atoms with van der Waals surface area (Å²) in [6.45, 7) is 2.27. The lowest BCUT2D eigenvalue weighted by Crippen LogP contribution is -2.39. The monoisotopic (exact) mass is 424 g/mol. The van der Waals surface area contributed by atoms with Crippen LogP contribution in [-0.4, -0.2) is 39.7 Å². The van der Waals surface area contributed by atoms with Gasteiger partial charge < -0.3 is 15.0 Å². The van der Waals surface area contributed by atoms with Gasteiger partial charge in [0.2, 0.25) is 0 Å². The van der Waals surface area contributed by atoms with E-state index in [2.05, 4.69) is 10.3 Å². The lowest BCUT2D eigenvalue weighted by molar-refractivity contribution is 0.0821. The molecule has 3 heterocycles. The number of urea groups is 1. The Bertz CT molecular complexity index is 1030. The second kappa shape index (κ2) is 9.69. The van der Waals surface area contributed by atoms with Crippen LogP contribution in [0, 0.1) is 0 Å². The van der Waals surface area contributed by atoms with Crippen LogP contribution < -0.4 is 11.0 Å². The Balaban J connectivity index is 1.46. The highest BCUT2D eigenvalue weighted by molar-refractivity contribution is 7.09. The summed E-state index contributed by atoms with van der Waals surface area (Å²) in [5.74, 6) is 0. The fraction of sp³-hybridized carbons (Fsp3) is 0.318. The molecule has 0 aliphatic carbocycles. The van der Waals surface area contributed by atoms with Crippen molar-refractivity contribution in [3.63, 3.8) is 0 Å². The predicted octanol–water partition coefficient (Wildman–Crippen LogP) is 3.57. The van der Waals surface area contributed by atoms with E-state index >= 15 is 0 Å². The first-order valence-corrected chi connectivity index (χ1v) is 10.9. The Morgan fingerprint density at radius 3 is 3.00 bits per heavy atom. The van der Waals surface area contributed by atoms with Crippen molar-refractivity contribution in [1.29, 1.82) is 0 Å². The zero-order valence-corrected chi connectivity index (χ0v) is 17.4. The third-order valence-corrected chi connectivity index (χ3v) is 5.84. The molecule has 1 aliphatic rings. The van der Waals surface area contributed by atoms with Crippen molar-refractivity contribution in [1.82, 2.24) is 14.5 Å². The maximum absolute atomic E-state index is 13.0. The van der Waals surface area contributed by atoms with E-state index < -0.39 is 0 Å². The lowest BCUT2D eigenvalue weighted by Gasteiger charge is -2.25. The molecular weight excluding hydrogens is 400 g/mol. The van der Waals surface area contributed by atoms with Crippen LogP contribution in [0.5, 0.6) is 0 Å². The number of rotatable bonds is 7. The molecule has 4 rings (SSSR count). The van der Waals surface area contributed by atoms with Gasteiger partial charge in [0, 0.05) is 36.1 Å². The van der Waals surface area contributed by atoms with E-state index in [0.29, 0.717) is 25.3 Å². The fourth-order valence-electron chi connectivity index (χ4n) is 3.50. The average Bonchev–Trinajstić information content (AvgIpc) is 3.44. The van der Waals surface area contributed by atoms with Gasteiger partial charge in [0.05, 0.1) is 19.2 Å². The van der Waals surface area contributed by atoms with Crippen molar-refractivity contribution in [3.05, 3.63) is 81.2 Å². The highest BCUT2D eigenvalue weighted by Gasteiger charge is 2.23. The predicted molar refractivity (Wildman–Crippen MR) is 117 cm³/mol. The maximum atomic E-state index is 13.0. The van der Waals surface area contributed by atoms with Gasteiger partial charge in [0.25, 0.3) is 0 Å². The van der Waals surface area contributed by atoms with Gasteiger partial charge in [0.1, 0.15) is 0 Å². The van der Waals surface area contributed by atoms with Crippen LogP contribution in [0.4, 0.5) is 10.5 Å². The van der Waals surface area contributed by atoms with E-state index in [0.717, 1.165) is 29.9 Å². The molecule has 1 saturated heterocycles. The van der Waals surface area contributed by atoms with Crippen LogP contribution in [0.1, 0.15) is 23.3 Å². The number of anilines is 1. The SMILES string of the molecule is O=C(Nc1cccc(Cn2cccnc2=O)c1)N(Cc1cccs1)CC1CCCO1. The zero-order valence-electron chi connectivity index (χ0n) is 16.6. The number of hydrogen-bond donors (Lipinski definition) is 1. The van der Waals surface area contributed by atoms with Gasteiger partial charge in [-0.25, -0.2) is 14.6 Å². The van der Waals surface area contributed by atoms with Gasteiger partial charge in [-0.05, 0) is 48.1 Å². The molecule has 7 nitrogen and oxygen atoms in total. The van der Waals surface area contributed by atoms with Gasteiger partial charge in [-0.3, -0.25) is 4.57 Å². The van der Waals surface area contributed by atoms with E-state index in [1.54, 1.807) is 28.5 Å². The van der Waals surface area contributed by atoms with Crippen LogP contribution >= 0.6 is 11.3 Å². The number of ether oxygens (including phenoxy) is 1. The van der Waals surface area contributed by atoms with Gasteiger partial charge in [0.15, 0.2) is 0 Å². The van der Waals surface area contributed by atoms with E-state index in [4.69, 9.17) is 4.74 Å². The molecular formula is C22H24N4O3S. The van der Waals surface area contributed by atoms with Crippen molar-refractivity contribution in [2.45, 2.75) is 32.0 Å². The maximum Gasteiger partial charge on any atom is 0.347 e. The van der Waals surface area contributed by atoms with E-state index in [9.17, 15) is 9.59 Å². The molecule has 2 amide bonds. The highest BCUT2D eigenvalue weighted by Crippen LogP contribution is 2.19. The molecule has 2 aromatic heterocycles. The van der Waals surface area contributed by atoms with Crippen molar-refractivity contribution in [3.8, 4) is 0 Å². The van der Waals surface area contributed by atoms with Gasteiger partial charge in [-0.15, -0.1) is 11.3 Å². The number of hydrogen-bond acceptors (Lipinski definition) is 5. The van der Waals surface area contributed by atoms with Crippen molar-refractivity contribution >= 4 is 23.1 Å². The smallest absolute Gasteiger partial charge is 0.347 e. The van der Waals surface area contributed by atoms with Gasteiger partial charge in [-0.2, -0.15) is 0 Å². The molecule has 3 aromatic rings. The van der Waals surface area contributed by atoms with Crippen molar-refractivity contribution in [2.24, 2.45) is 0 Å². The molecule has 0 radical (unpaired) electrons. The number of carbonyl (C=O) groups excluding carboxylic acids is 1. The summed E-state index contributed by atoms with van der Waals surface area (Å²) in [4.78, 5) is 31.6. The van der Waals surface area contributed by atoms with Crippen LogP contribution in [-0.2, 0) is 17.8 Å². The minimum absolute atomic E-state index is 0.0829. The fourth-order valence-corrected chi connectivity index (χ4v) is 4.22. The molecule has 8 heteroatoms. The summed E-state index contributed by atoms with van der Waals surface area (Å²) in [7, 11) is 0. The van der Waals surface area contributed by atoms with Crippen molar-refractivity contribution in [2.75, 3.05) is 18.5 Å². The van der Waals surface area contributed by atoms with E-state index in [-0.39, 0.29) is 17.8 Å². The third kappa shape index (κ3) is 5.34. The number of carbonyl (C=O) groups is 1. The summed E-state index contributed by atoms with van der Waals surface area (Å²) in [5.41, 5.74) is 1.30. The third-order valence-electron chi connectivity index (χ3n) is 4.98. The molecule has 1 aromatic carbocycles. The quantitative estimate of drug-likeness (QED) is 0.629. The minimum atomic E-state index is -0.300. The lowest BCUT2D eigenvalue weighted by atomic mass is 10.2. The Hall–Kier alpha value is -2.97. The molecule has 1 aliphatic heterocycles. The van der Waals surface area contributed by atoms with Crippen LogP contribution in [0.3, 0.4) is 0 Å². The first-order valence-electron chi connectivity index (χ1n) is 9.98. The van der Waals surface area contributed by atoms with Crippen LogP contribution in [0.25, 0.3) is 0 Å². The second-order valence-corrected chi connectivity index (χ2v) is 8.29. The molecule has 0 spiro atoms. The summed E-state index contributed by atoms with van der Waals surface area (Å²) in [5, 5.41) is 5.02. The molecule has 1 atom stereocenters. The first-order chi connectivity index (χ1) is 14.7. The van der Waals surface area contributed by atoms with Gasteiger partial charge in [-0.1, -0.05) is 18.2 Å². The summed E-state index contributed by atoms with van der Waals surface area (Å²) < 4.78 is 7.27. The topological polar surface area (TPSA) is 76.5 Å². The normalized spacial score (nSPS) is 15.8. The first kappa shape index (κ1) is 20.3. The highest BCUT2D eigenvalue weighted by atomic mass is 32.1. The number of benzene rings is 1. The largest absolute Gasteiger partial charge is 0.376 e. The molecule has 1 fully saturated rings. The Kier molecular flexibility index (Phi) is 6.56. The number of nitrogens with one attached hydrogen (secondary N) is 1. The standard InChI is InChI=1S/C22H24N4O3S/c27-21-23-9-4-10-25(21)14-17-5-1-6-18(13-17)24-22(28)26(15-19-7-2-11-29-19)16-20-8-3-12-30-20/h1,3-6,8-10,12-13,19H,2,7,11,14-16H2,(H,24,28). The zero-order chi connectivity index (χ0) is 20.8. The summed E-state index contributed by atoms with van der Waals surface area (Å²) in [6, 6.07) is 13.1. The molecule has 1 unspecified atom stereocenters. The minimum Gasteiger partial charge on any atom is -0.376 e. The number of aromatic nitrogens is 2. The van der Waals surface area contributed by atoms with Crippen molar-refractivity contribution < 1.29 is 9.53 Å². The molecule has 156 valence electrons. The van der Waals surface area contributed by atoms with Crippen LogP contribution in [0.15, 0.2) is 65.0 Å². The second-order valence-electron chi connectivity index (χ2n) is 7.26. The van der Waals surface area contributed by atoms with Gasteiger partial charge >= 0.3 is 11.7 Å².